The van der Waals surface area contributed by atoms with Crippen LogP contribution in [0.2, 0.25) is 0 Å². The second-order valence-electron chi connectivity index (χ2n) is 1.32. The average molecular weight is 147 g/mol. The number of alkyl carbamates (subject to hydrolysis) is 1. The number of nitrogens with one attached hydrogen (secondary N) is 1. The van der Waals surface area contributed by atoms with E-state index in [4.69, 9.17) is 0 Å². The first-order valence-electron chi connectivity index (χ1n) is 2.77. The molecule has 10 heavy (non-hydrogen) atoms. The van der Waals surface area contributed by atoms with E-state index in [1.54, 1.807) is 6.92 Å². The zero-order chi connectivity index (χ0) is 7.98. The molecule has 1 N–H and O–H groups in total. The molecule has 0 rings (SSSR count). The summed E-state index contributed by atoms with van der Waals surface area (Å²) in [5.41, 5.74) is 0. The average Bonchev–Trinajstić information content (AvgIpc) is 1.88. The van der Waals surface area contributed by atoms with Crippen molar-refractivity contribution in [2.75, 3.05) is 13.7 Å². The Kier molecular flexibility index (Phi) is 4.02. The Bertz CT molecular complexity index is 134. The summed E-state index contributed by atoms with van der Waals surface area (Å²) < 4.78 is 8.32. The van der Waals surface area contributed by atoms with Gasteiger partial charge in [-0.25, -0.2) is 9.59 Å². The van der Waals surface area contributed by atoms with Crippen molar-refractivity contribution in [1.82, 2.24) is 5.32 Å². The summed E-state index contributed by atoms with van der Waals surface area (Å²) in [5, 5.41) is 2.09. The summed E-state index contributed by atoms with van der Waals surface area (Å²) in [6.45, 7) is 1.81. The maximum absolute atomic E-state index is 10.3. The minimum absolute atomic E-state index is 0.190. The summed E-state index contributed by atoms with van der Waals surface area (Å²) in [5.74, 6) is 0. The van der Waals surface area contributed by atoms with Crippen LogP contribution in [0.5, 0.6) is 0 Å². The van der Waals surface area contributed by atoms with Crippen LogP contribution in [-0.2, 0) is 9.47 Å². The number of rotatable bonds is 1. The first-order chi connectivity index (χ1) is 4.70. The molecule has 5 heteroatoms. The Morgan fingerprint density at radius 2 is 2.10 bits per heavy atom. The first-order valence-corrected chi connectivity index (χ1v) is 2.77. The highest BCUT2D eigenvalue weighted by Crippen LogP contribution is 1.84. The molecule has 0 aromatic heterocycles. The zero-order valence-electron chi connectivity index (χ0n) is 5.84. The van der Waals surface area contributed by atoms with Crippen LogP contribution >= 0.6 is 0 Å². The number of carbonyl (C=O) groups excluding carboxylic acids is 2. The molecule has 0 atom stereocenters. The predicted molar refractivity (Wildman–Crippen MR) is 32.6 cm³/mol. The Morgan fingerprint density at radius 1 is 1.50 bits per heavy atom. The molecule has 0 radical (unpaired) electrons. The molecular weight excluding hydrogens is 138 g/mol. The van der Waals surface area contributed by atoms with Gasteiger partial charge in [0.05, 0.1) is 6.61 Å². The molecule has 0 aliphatic heterocycles. The van der Waals surface area contributed by atoms with Crippen LogP contribution in [0.15, 0.2) is 0 Å². The summed E-state index contributed by atoms with van der Waals surface area (Å²) in [6, 6.07) is 0. The number of hydrogen-bond donors (Lipinski definition) is 1. The van der Waals surface area contributed by atoms with Crippen molar-refractivity contribution < 1.29 is 19.1 Å². The molecule has 0 saturated carbocycles. The van der Waals surface area contributed by atoms with Crippen LogP contribution in [-0.4, -0.2) is 25.9 Å². The van der Waals surface area contributed by atoms with Crippen molar-refractivity contribution in [3.63, 3.8) is 0 Å². The normalized spacial score (nSPS) is 8.20. The molecule has 1 amide bonds. The summed E-state index contributed by atoms with van der Waals surface area (Å²) in [4.78, 5) is 20.6. The molecule has 0 aliphatic carbocycles. The number of ether oxygens (including phenoxy) is 2. The second kappa shape index (κ2) is 4.60. The molecular formula is C5H9NO4. The summed E-state index contributed by atoms with van der Waals surface area (Å²) in [6.07, 6.45) is -1.81. The van der Waals surface area contributed by atoms with Gasteiger partial charge in [0.25, 0.3) is 0 Å². The van der Waals surface area contributed by atoms with Gasteiger partial charge in [-0.3, -0.25) is 0 Å². The molecule has 0 bridgehead atoms. The van der Waals surface area contributed by atoms with E-state index in [9.17, 15) is 9.59 Å². The minimum atomic E-state index is -0.984. The topological polar surface area (TPSA) is 64.6 Å². The number of hydrogen-bond acceptors (Lipinski definition) is 4. The zero-order valence-corrected chi connectivity index (χ0v) is 5.84. The van der Waals surface area contributed by atoms with E-state index in [-0.39, 0.29) is 6.61 Å². The van der Waals surface area contributed by atoms with Gasteiger partial charge in [0, 0.05) is 7.05 Å². The Balaban J connectivity index is 3.47. The van der Waals surface area contributed by atoms with Gasteiger partial charge in [0.1, 0.15) is 0 Å². The maximum Gasteiger partial charge on any atom is 0.517 e. The van der Waals surface area contributed by atoms with Gasteiger partial charge in [-0.2, -0.15) is 0 Å². The second-order valence-corrected chi connectivity index (χ2v) is 1.32. The van der Waals surface area contributed by atoms with Crippen LogP contribution in [0.1, 0.15) is 6.92 Å². The molecule has 0 aliphatic rings. The Hall–Kier alpha value is -1.26. The van der Waals surface area contributed by atoms with Crippen molar-refractivity contribution >= 4 is 12.2 Å². The third-order valence-electron chi connectivity index (χ3n) is 0.642. The Morgan fingerprint density at radius 3 is 2.50 bits per heavy atom. The maximum atomic E-state index is 10.3. The van der Waals surface area contributed by atoms with E-state index in [2.05, 4.69) is 14.8 Å². The first kappa shape index (κ1) is 8.74. The van der Waals surface area contributed by atoms with Gasteiger partial charge in [-0.05, 0) is 6.92 Å². The highest BCUT2D eigenvalue weighted by molar-refractivity contribution is 5.80. The van der Waals surface area contributed by atoms with Crippen molar-refractivity contribution in [3.8, 4) is 0 Å². The van der Waals surface area contributed by atoms with E-state index >= 15 is 0 Å². The highest BCUT2D eigenvalue weighted by atomic mass is 16.7. The number of amides is 1. The highest BCUT2D eigenvalue weighted by Gasteiger charge is 2.07. The molecule has 0 unspecified atom stereocenters. The SMILES string of the molecule is CCOC(=O)OC(=O)NC. The monoisotopic (exact) mass is 147 g/mol. The van der Waals surface area contributed by atoms with E-state index in [0.29, 0.717) is 0 Å². The van der Waals surface area contributed by atoms with Crippen LogP contribution in [0.3, 0.4) is 0 Å². The standard InChI is InChI=1S/C5H9NO4/c1-3-9-5(8)10-4(7)6-2/h3H2,1-2H3,(H,6,7). The van der Waals surface area contributed by atoms with E-state index < -0.39 is 12.2 Å². The van der Waals surface area contributed by atoms with Crippen LogP contribution < -0.4 is 5.32 Å². The van der Waals surface area contributed by atoms with Gasteiger partial charge in [-0.15, -0.1) is 0 Å². The van der Waals surface area contributed by atoms with Crippen LogP contribution in [0.4, 0.5) is 9.59 Å². The minimum Gasteiger partial charge on any atom is -0.434 e. The van der Waals surface area contributed by atoms with Gasteiger partial charge in [0.15, 0.2) is 0 Å². The molecule has 5 nitrogen and oxygen atoms in total. The lowest BCUT2D eigenvalue weighted by atomic mass is 10.9. The van der Waals surface area contributed by atoms with Crippen LogP contribution in [0.25, 0.3) is 0 Å². The van der Waals surface area contributed by atoms with E-state index in [1.807, 2.05) is 0 Å². The summed E-state index contributed by atoms with van der Waals surface area (Å²) >= 11 is 0. The molecule has 0 spiro atoms. The fourth-order valence-corrected chi connectivity index (χ4v) is 0.274. The van der Waals surface area contributed by atoms with Gasteiger partial charge >= 0.3 is 12.2 Å². The molecule has 0 heterocycles. The number of carbonyl (C=O) groups is 2. The van der Waals surface area contributed by atoms with E-state index in [0.717, 1.165) is 0 Å². The lowest BCUT2D eigenvalue weighted by Gasteiger charge is -1.99. The fourth-order valence-electron chi connectivity index (χ4n) is 0.274. The fraction of sp³-hybridized carbons (Fsp3) is 0.600. The van der Waals surface area contributed by atoms with E-state index in [1.165, 1.54) is 7.05 Å². The molecule has 0 aromatic rings. The molecule has 0 fully saturated rings. The van der Waals surface area contributed by atoms with Gasteiger partial charge in [0.2, 0.25) is 0 Å². The van der Waals surface area contributed by atoms with Gasteiger partial charge < -0.3 is 14.8 Å². The third kappa shape index (κ3) is 3.71. The Labute approximate surface area is 58.3 Å². The lowest BCUT2D eigenvalue weighted by molar-refractivity contribution is 0.0796. The van der Waals surface area contributed by atoms with Crippen molar-refractivity contribution in [1.29, 1.82) is 0 Å². The van der Waals surface area contributed by atoms with Crippen molar-refractivity contribution in [3.05, 3.63) is 0 Å². The predicted octanol–water partition coefficient (Wildman–Crippen LogP) is 0.499. The summed E-state index contributed by atoms with van der Waals surface area (Å²) in [7, 11) is 1.35. The van der Waals surface area contributed by atoms with Crippen LogP contribution in [0, 0.1) is 0 Å². The third-order valence-corrected chi connectivity index (χ3v) is 0.642. The van der Waals surface area contributed by atoms with Crippen molar-refractivity contribution in [2.45, 2.75) is 6.92 Å². The quantitative estimate of drug-likeness (QED) is 0.433. The largest absolute Gasteiger partial charge is 0.517 e. The molecule has 58 valence electrons. The molecule has 0 saturated heterocycles. The lowest BCUT2D eigenvalue weighted by Crippen LogP contribution is -2.23. The van der Waals surface area contributed by atoms with Gasteiger partial charge in [-0.1, -0.05) is 0 Å². The van der Waals surface area contributed by atoms with Crippen molar-refractivity contribution in [2.24, 2.45) is 0 Å². The smallest absolute Gasteiger partial charge is 0.434 e. The molecule has 0 aromatic carbocycles.